The zero-order valence-electron chi connectivity index (χ0n) is 86.8. The maximum Gasteiger partial charge on any atom is 0.232 e. The zero-order valence-corrected chi connectivity index (χ0v) is 70.8. The van der Waals surface area contributed by atoms with Crippen molar-refractivity contribution >= 4 is 111 Å². The van der Waals surface area contributed by atoms with E-state index in [0.717, 1.165) is 87.6 Å². The largest absolute Gasteiger partial charge is 0.466 e. The van der Waals surface area contributed by atoms with E-state index in [9.17, 15) is 0 Å². The minimum Gasteiger partial charge on any atom is -0.466 e. The van der Waals surface area contributed by atoms with Crippen LogP contribution in [0.2, 0.25) is 0 Å². The number of nitrogens with zero attached hydrogens (tertiary/aromatic N) is 8. The average Bonchev–Trinajstić information content (AvgIpc) is 1.77. The first kappa shape index (κ1) is 62.9. The lowest BCUT2D eigenvalue weighted by Gasteiger charge is -2.12. The average molecular weight is 1550 g/mol. The lowest BCUT2D eigenvalue weighted by atomic mass is 9.94. The Balaban J connectivity index is 0.000000150. The number of pyridine rings is 4. The molecule has 0 atom stereocenters. The Morgan fingerprint density at radius 1 is 0.310 bits per heavy atom. The predicted molar refractivity (Wildman–Crippen MR) is 477 cm³/mol. The third-order valence-electron chi connectivity index (χ3n) is 21.3. The summed E-state index contributed by atoms with van der Waals surface area (Å²) in [5.41, 5.74) is 20.9. The van der Waals surface area contributed by atoms with E-state index in [1.54, 1.807) is 148 Å². The summed E-state index contributed by atoms with van der Waals surface area (Å²) in [5, 5.41) is 6.83. The first-order valence-corrected chi connectivity index (χ1v) is 39.1. The summed E-state index contributed by atoms with van der Waals surface area (Å²) < 4.78 is 173. The van der Waals surface area contributed by atoms with Gasteiger partial charge in [-0.05, 0) is 172 Å². The molecular formula is C104H108N8O4+4. The van der Waals surface area contributed by atoms with Crippen molar-refractivity contribution in [3.8, 4) is 45.0 Å². The van der Waals surface area contributed by atoms with E-state index in [0.29, 0.717) is 135 Å². The van der Waals surface area contributed by atoms with Crippen LogP contribution in [-0.2, 0) is 53.7 Å². The van der Waals surface area contributed by atoms with Crippen LogP contribution < -0.4 is 18.3 Å². The Bertz CT molecular complexity index is 7690. The molecule has 8 aromatic carbocycles. The molecule has 0 N–H and O–H groups in total. The molecule has 0 bridgehead atoms. The van der Waals surface area contributed by atoms with Crippen molar-refractivity contribution in [2.45, 2.75) is 164 Å². The molecule has 0 saturated carbocycles. The summed E-state index contributed by atoms with van der Waals surface area (Å²) in [6, 6.07) is 30.8. The van der Waals surface area contributed by atoms with Crippen LogP contribution in [0.3, 0.4) is 0 Å². The van der Waals surface area contributed by atoms with Crippen LogP contribution in [0.5, 0.6) is 0 Å². The fourth-order valence-corrected chi connectivity index (χ4v) is 15.4. The van der Waals surface area contributed by atoms with E-state index in [1.807, 2.05) is 134 Å². The summed E-state index contributed by atoms with van der Waals surface area (Å²) in [6.07, 6.45) is -7.37. The minimum absolute atomic E-state index is 0.00842. The monoisotopic (exact) mass is 1550 g/mol. The third-order valence-corrected chi connectivity index (χ3v) is 21.3. The van der Waals surface area contributed by atoms with Crippen LogP contribution in [0.4, 0.5) is 22.7 Å². The highest BCUT2D eigenvalue weighted by Crippen LogP contribution is 2.47. The molecule has 0 amide bonds. The molecule has 584 valence electrons. The highest BCUT2D eigenvalue weighted by atomic mass is 16.3. The maximum atomic E-state index is 9.08. The number of para-hydroxylation sites is 1. The number of hydrogen-bond donors (Lipinski definition) is 0. The van der Waals surface area contributed by atoms with Gasteiger partial charge in [-0.3, -0.25) is 0 Å². The van der Waals surface area contributed by atoms with E-state index in [1.165, 1.54) is 0 Å². The van der Waals surface area contributed by atoms with Crippen LogP contribution >= 0.6 is 0 Å². The lowest BCUT2D eigenvalue weighted by molar-refractivity contribution is -0.666. The Hall–Kier alpha value is -12.5. The second-order valence-electron chi connectivity index (χ2n) is 31.5. The summed E-state index contributed by atoms with van der Waals surface area (Å²) in [4.78, 5) is 14.6. The van der Waals surface area contributed by atoms with Gasteiger partial charge in [-0.1, -0.05) is 152 Å². The number of rotatable bonds is 12. The smallest absolute Gasteiger partial charge is 0.232 e. The van der Waals surface area contributed by atoms with Crippen molar-refractivity contribution < 1.29 is 57.9 Å². The van der Waals surface area contributed by atoms with Crippen molar-refractivity contribution in [1.82, 2.24) is 0 Å². The van der Waals surface area contributed by atoms with Gasteiger partial charge in [0.05, 0.1) is 59.5 Å². The van der Waals surface area contributed by atoms with Crippen molar-refractivity contribution in [3.05, 3.63) is 281 Å². The fourth-order valence-electron chi connectivity index (χ4n) is 15.4. The quantitative estimate of drug-likeness (QED) is 0.0901. The molecule has 0 aliphatic carbocycles. The summed E-state index contributed by atoms with van der Waals surface area (Å²) in [7, 11) is 7.19. The van der Waals surface area contributed by atoms with Gasteiger partial charge in [0.15, 0.2) is 22.8 Å². The number of fused-ring (bicyclic) bond motifs is 12. The molecule has 8 heterocycles. The van der Waals surface area contributed by atoms with Gasteiger partial charge < -0.3 is 17.7 Å². The van der Waals surface area contributed by atoms with Gasteiger partial charge in [0.25, 0.3) is 0 Å². The highest BCUT2D eigenvalue weighted by molar-refractivity contribution is 6.17. The van der Waals surface area contributed by atoms with Gasteiger partial charge in [-0.2, -0.15) is 18.3 Å². The topological polar surface area (TPSA) is 85.5 Å². The normalized spacial score (nSPS) is 14.0. The van der Waals surface area contributed by atoms with E-state index in [-0.39, 0.29) is 70.6 Å². The van der Waals surface area contributed by atoms with Gasteiger partial charge in [0.1, 0.15) is 72.9 Å². The molecule has 0 spiro atoms. The number of aryl methyl sites for hydroxylation is 8. The van der Waals surface area contributed by atoms with E-state index in [2.05, 4.69) is 19.4 Å². The summed E-state index contributed by atoms with van der Waals surface area (Å²) in [6.45, 7) is 67.1. The standard InChI is InChI=1S/4C26H27N2O/c1-15(2)12-19-13-18(5)28(7)22(14-19)24-17(4)8-10-20-23-16(3)9-11-21(27-6)26(23)29-25(20)24;1-15(2)12-19-13-18(5)28(7)22(14-19)23-16(3)8-10-20-21-11-9-17(4)24(27-6)26(21)29-25(20)23;1-15(2)10-19-13-18(5)28(7)23(14-19)24-17(4)8-9-20-21-11-16(3)12-22(27-6)25(21)29-26(20)24;1-15(2)11-19-13-18(5)28(7)22(14-19)24-17(4)12-16(3)23-20-9-8-10-21(27-6)25(20)29-26(23)24/h2*8-11,13-15H,12H2,1-5,7H3;8-9,11-15H,10H2,1-5,7H3;8-10,12-15H,11H2,1-5,7H3/q4*+1/i2*12D2,13D,14D;10D2,13D,14D;11D2,13D,14D. The molecule has 0 unspecified atom stereocenters. The van der Waals surface area contributed by atoms with Crippen LogP contribution in [0.15, 0.2) is 163 Å². The summed E-state index contributed by atoms with van der Waals surface area (Å²) >= 11 is 0. The van der Waals surface area contributed by atoms with Gasteiger partial charge >= 0.3 is 0 Å². The van der Waals surface area contributed by atoms with Gasteiger partial charge in [-0.25, -0.2) is 19.4 Å². The van der Waals surface area contributed by atoms with Gasteiger partial charge in [0, 0.05) is 130 Å². The molecular weight excluding hydrogens is 1430 g/mol. The Morgan fingerprint density at radius 3 is 1.08 bits per heavy atom. The number of benzene rings is 8. The minimum atomic E-state index is -1.84. The van der Waals surface area contributed by atoms with E-state index in [4.69, 9.17) is 65.9 Å². The lowest BCUT2D eigenvalue weighted by Crippen LogP contribution is -2.35. The Kier molecular flexibility index (Phi) is 17.8. The van der Waals surface area contributed by atoms with Crippen molar-refractivity contribution in [2.75, 3.05) is 0 Å². The maximum absolute atomic E-state index is 9.08. The predicted octanol–water partition coefficient (Wildman–Crippen LogP) is 27.0. The highest BCUT2D eigenvalue weighted by Gasteiger charge is 2.30. The molecule has 0 aliphatic rings. The molecule has 16 rings (SSSR count). The second kappa shape index (κ2) is 32.8. The SMILES string of the molecule is [2H]c1c(C([2H])([2H])C(C)C)c([2H])c(-c2c(C)cc(C)c3c2oc2c([N+]#[C-])cccc23)[n+](C)c1C.[2H]c1c(C([2H])([2H])C(C)C)c([2H])c(-c2c(C)ccc3c2oc2c([N+]#[C-])c(C)ccc23)[n+](C)c1C.[2H]c1c(C([2H])([2H])C(C)C)c([2H])c(-c2c(C)ccc3c2oc2c([N+]#[C-])cc(C)cc23)[n+](C)c1C.[2H]c1c(C([2H])([2H])C(C)C)c([2H])c(-c2c(C)ccc3c2oc2c([N+]#[C-])ccc(C)c23)[n+](C)c1C. The molecule has 0 radical (unpaired) electrons. The van der Waals surface area contributed by atoms with Gasteiger partial charge in [0.2, 0.25) is 45.5 Å². The van der Waals surface area contributed by atoms with Crippen molar-refractivity contribution in [1.29, 1.82) is 0 Å². The van der Waals surface area contributed by atoms with Crippen LogP contribution in [0.1, 0.15) is 167 Å². The van der Waals surface area contributed by atoms with Gasteiger partial charge in [-0.15, -0.1) is 0 Å². The molecule has 12 nitrogen and oxygen atoms in total. The molecule has 8 aromatic heterocycles. The van der Waals surface area contributed by atoms with E-state index < -0.39 is 49.2 Å². The number of aromatic nitrogens is 4. The first-order valence-electron chi connectivity index (χ1n) is 47.1. The third kappa shape index (κ3) is 15.3. The molecule has 12 heteroatoms. The molecule has 116 heavy (non-hydrogen) atoms. The zero-order chi connectivity index (χ0) is 97.6. The van der Waals surface area contributed by atoms with E-state index >= 15 is 0 Å². The van der Waals surface area contributed by atoms with Crippen LogP contribution in [0, 0.1) is 133 Å². The number of hydrogen-bond acceptors (Lipinski definition) is 4. The number of furan rings is 4. The molecule has 0 fully saturated rings. The molecule has 0 aliphatic heterocycles. The van der Waals surface area contributed by atoms with Crippen LogP contribution in [-0.4, -0.2) is 0 Å². The fraction of sp³-hybridized carbons (Fsp3) is 0.308. The van der Waals surface area contributed by atoms with Crippen molar-refractivity contribution in [2.24, 2.45) is 51.9 Å². The van der Waals surface area contributed by atoms with Crippen LogP contribution in [0.25, 0.3) is 152 Å². The second-order valence-corrected chi connectivity index (χ2v) is 31.5. The first-order chi connectivity index (χ1) is 61.7. The molecule has 16 aromatic rings. The Morgan fingerprint density at radius 2 is 0.647 bits per heavy atom. The van der Waals surface area contributed by atoms with Crippen molar-refractivity contribution in [3.63, 3.8) is 0 Å². The molecule has 0 saturated heterocycles. The summed E-state index contributed by atoms with van der Waals surface area (Å²) in [5.74, 6) is -1.62. The Labute approximate surface area is 706 Å².